The van der Waals surface area contributed by atoms with Crippen LogP contribution in [0.15, 0.2) is 48.5 Å². The molecule has 0 aromatic heterocycles. The van der Waals surface area contributed by atoms with Crippen molar-refractivity contribution < 1.29 is 23.8 Å². The van der Waals surface area contributed by atoms with E-state index in [-0.39, 0.29) is 12.6 Å². The fraction of sp³-hybridized carbons (Fsp3) is 0.500. The van der Waals surface area contributed by atoms with E-state index in [1.807, 2.05) is 76.2 Å². The summed E-state index contributed by atoms with van der Waals surface area (Å²) in [6.07, 6.45) is 0.874. The fourth-order valence-electron chi connectivity index (χ4n) is 4.78. The van der Waals surface area contributed by atoms with Gasteiger partial charge >= 0.3 is 12.1 Å². The second-order valence-electron chi connectivity index (χ2n) is 10.3. The summed E-state index contributed by atoms with van der Waals surface area (Å²) in [5, 5.41) is 3.76. The number of esters is 1. The number of hydrogen-bond acceptors (Lipinski definition) is 5. The highest BCUT2D eigenvalue weighted by Crippen LogP contribution is 2.51. The highest BCUT2D eigenvalue weighted by Gasteiger charge is 2.60. The molecule has 0 aliphatic heterocycles. The Balaban J connectivity index is 1.84. The summed E-state index contributed by atoms with van der Waals surface area (Å²) in [5.74, 6) is -0.286. The Morgan fingerprint density at radius 2 is 1.69 bits per heavy atom. The Labute approximate surface area is 213 Å². The third-order valence-corrected chi connectivity index (χ3v) is 6.30. The standard InChI is InChI=1S/C28H36ClNO5/c1-6-33-19-27(24(31)34-7-2)17-28(18-27,30-25(32)35-26(3,4)5)16-20-11-13-21(14-12-20)22-9-8-10-23(29)15-22/h8-15H,6-7,16-19H2,1-5H3,(H,30,32). The molecule has 1 N–H and O–H groups in total. The Morgan fingerprint density at radius 1 is 1.00 bits per heavy atom. The van der Waals surface area contributed by atoms with Gasteiger partial charge in [0.15, 0.2) is 0 Å². The second kappa shape index (κ2) is 11.0. The Bertz CT molecular complexity index is 1020. The number of carbonyl (C=O) groups excluding carboxylic acids is 2. The first-order valence-corrected chi connectivity index (χ1v) is 12.5. The van der Waals surface area contributed by atoms with Crippen LogP contribution in [0.5, 0.6) is 0 Å². The molecule has 2 aromatic rings. The number of hydrogen-bond donors (Lipinski definition) is 1. The van der Waals surface area contributed by atoms with Gasteiger partial charge in [-0.2, -0.15) is 0 Å². The second-order valence-corrected chi connectivity index (χ2v) is 10.7. The molecule has 35 heavy (non-hydrogen) atoms. The van der Waals surface area contributed by atoms with Crippen LogP contribution in [0.4, 0.5) is 4.79 Å². The smallest absolute Gasteiger partial charge is 0.408 e. The SMILES string of the molecule is CCOCC1(C(=O)OCC)CC(Cc2ccc(-c3cccc(Cl)c3)cc2)(NC(=O)OC(C)(C)C)C1. The van der Waals surface area contributed by atoms with Gasteiger partial charge < -0.3 is 19.5 Å². The van der Waals surface area contributed by atoms with E-state index in [2.05, 4.69) is 5.32 Å². The minimum Gasteiger partial charge on any atom is -0.465 e. The van der Waals surface area contributed by atoms with Crippen LogP contribution in [0.1, 0.15) is 53.0 Å². The molecule has 1 amide bonds. The van der Waals surface area contributed by atoms with Gasteiger partial charge in [0.25, 0.3) is 0 Å². The molecule has 6 nitrogen and oxygen atoms in total. The summed E-state index contributed by atoms with van der Waals surface area (Å²) in [6.45, 7) is 10.2. The third kappa shape index (κ3) is 6.98. The number of nitrogens with one attached hydrogen (secondary N) is 1. The van der Waals surface area contributed by atoms with Crippen molar-refractivity contribution in [2.45, 2.75) is 65.0 Å². The zero-order chi connectivity index (χ0) is 25.7. The normalized spacial score (nSPS) is 21.7. The summed E-state index contributed by atoms with van der Waals surface area (Å²) >= 11 is 6.14. The zero-order valence-electron chi connectivity index (χ0n) is 21.3. The molecule has 0 atom stereocenters. The molecule has 0 saturated heterocycles. The molecule has 0 unspecified atom stereocenters. The quantitative estimate of drug-likeness (QED) is 0.414. The van der Waals surface area contributed by atoms with E-state index in [9.17, 15) is 9.59 Å². The van der Waals surface area contributed by atoms with Gasteiger partial charge in [0, 0.05) is 17.2 Å². The summed E-state index contributed by atoms with van der Waals surface area (Å²) in [4.78, 5) is 25.6. The Hall–Kier alpha value is -2.57. The summed E-state index contributed by atoms with van der Waals surface area (Å²) < 4.78 is 16.6. The van der Waals surface area contributed by atoms with Crippen molar-refractivity contribution in [2.24, 2.45) is 5.41 Å². The van der Waals surface area contributed by atoms with Crippen molar-refractivity contribution in [2.75, 3.05) is 19.8 Å². The van der Waals surface area contributed by atoms with Gasteiger partial charge in [-0.1, -0.05) is 48.0 Å². The van der Waals surface area contributed by atoms with Crippen LogP contribution in [0.25, 0.3) is 11.1 Å². The van der Waals surface area contributed by atoms with E-state index in [1.165, 1.54) is 0 Å². The molecule has 190 valence electrons. The molecular weight excluding hydrogens is 466 g/mol. The number of ether oxygens (including phenoxy) is 3. The number of carbonyl (C=O) groups is 2. The number of halogens is 1. The first-order valence-electron chi connectivity index (χ1n) is 12.1. The molecule has 3 rings (SSSR count). The lowest BCUT2D eigenvalue weighted by atomic mass is 9.55. The van der Waals surface area contributed by atoms with Crippen LogP contribution >= 0.6 is 11.6 Å². The van der Waals surface area contributed by atoms with E-state index in [0.29, 0.717) is 37.5 Å². The lowest BCUT2D eigenvalue weighted by Crippen LogP contribution is -2.67. The van der Waals surface area contributed by atoms with E-state index in [4.69, 9.17) is 25.8 Å². The van der Waals surface area contributed by atoms with Gasteiger partial charge in [-0.05, 0) is 82.7 Å². The molecule has 1 fully saturated rings. The molecule has 1 aliphatic carbocycles. The number of rotatable bonds is 9. The van der Waals surface area contributed by atoms with Gasteiger partial charge in [0.1, 0.15) is 5.60 Å². The van der Waals surface area contributed by atoms with E-state index in [1.54, 1.807) is 6.92 Å². The van der Waals surface area contributed by atoms with Gasteiger partial charge in [-0.3, -0.25) is 4.79 Å². The predicted octanol–water partition coefficient (Wildman–Crippen LogP) is 6.19. The van der Waals surface area contributed by atoms with Crippen molar-refractivity contribution in [3.05, 3.63) is 59.1 Å². The highest BCUT2D eigenvalue weighted by molar-refractivity contribution is 6.30. The van der Waals surface area contributed by atoms with Crippen LogP contribution in [0.2, 0.25) is 5.02 Å². The van der Waals surface area contributed by atoms with Crippen LogP contribution in [0, 0.1) is 5.41 Å². The van der Waals surface area contributed by atoms with Crippen molar-refractivity contribution >= 4 is 23.7 Å². The van der Waals surface area contributed by atoms with Crippen molar-refractivity contribution in [1.29, 1.82) is 0 Å². The van der Waals surface area contributed by atoms with Crippen LogP contribution in [-0.4, -0.2) is 43.0 Å². The molecule has 2 aromatic carbocycles. The van der Waals surface area contributed by atoms with Crippen molar-refractivity contribution in [3.63, 3.8) is 0 Å². The van der Waals surface area contributed by atoms with Crippen LogP contribution in [0.3, 0.4) is 0 Å². The topological polar surface area (TPSA) is 73.9 Å². The summed E-state index contributed by atoms with van der Waals surface area (Å²) in [6, 6.07) is 15.9. The van der Waals surface area contributed by atoms with Crippen molar-refractivity contribution in [1.82, 2.24) is 5.32 Å². The summed E-state index contributed by atoms with van der Waals surface area (Å²) in [5.41, 5.74) is 1.06. The maximum atomic E-state index is 12.9. The zero-order valence-corrected chi connectivity index (χ0v) is 22.0. The molecule has 0 bridgehead atoms. The largest absolute Gasteiger partial charge is 0.465 e. The van der Waals surface area contributed by atoms with Gasteiger partial charge in [-0.25, -0.2) is 4.79 Å². The van der Waals surface area contributed by atoms with Crippen molar-refractivity contribution in [3.8, 4) is 11.1 Å². The predicted molar refractivity (Wildman–Crippen MR) is 137 cm³/mol. The van der Waals surface area contributed by atoms with Crippen LogP contribution in [-0.2, 0) is 25.4 Å². The lowest BCUT2D eigenvalue weighted by Gasteiger charge is -2.54. The van der Waals surface area contributed by atoms with Crippen LogP contribution < -0.4 is 5.32 Å². The average Bonchev–Trinajstić information content (AvgIpc) is 2.75. The molecule has 1 saturated carbocycles. The number of benzene rings is 2. The van der Waals surface area contributed by atoms with E-state index < -0.39 is 22.6 Å². The summed E-state index contributed by atoms with van der Waals surface area (Å²) in [7, 11) is 0. The molecule has 0 radical (unpaired) electrons. The molecule has 1 aliphatic rings. The highest BCUT2D eigenvalue weighted by atomic mass is 35.5. The van der Waals surface area contributed by atoms with Gasteiger partial charge in [0.2, 0.25) is 0 Å². The Morgan fingerprint density at radius 3 is 2.26 bits per heavy atom. The first kappa shape index (κ1) is 27.0. The number of alkyl carbamates (subject to hydrolysis) is 1. The minimum atomic E-state index is -0.790. The van der Waals surface area contributed by atoms with E-state index >= 15 is 0 Å². The monoisotopic (exact) mass is 501 g/mol. The average molecular weight is 502 g/mol. The maximum absolute atomic E-state index is 12.9. The van der Waals surface area contributed by atoms with Gasteiger partial charge in [-0.15, -0.1) is 0 Å². The molecule has 0 heterocycles. The first-order chi connectivity index (χ1) is 16.5. The Kier molecular flexibility index (Phi) is 8.50. The maximum Gasteiger partial charge on any atom is 0.408 e. The number of amides is 1. The molecular formula is C28H36ClNO5. The lowest BCUT2D eigenvalue weighted by molar-refractivity contribution is -0.175. The third-order valence-electron chi connectivity index (χ3n) is 6.06. The fourth-order valence-corrected chi connectivity index (χ4v) is 4.97. The minimum absolute atomic E-state index is 0.258. The van der Waals surface area contributed by atoms with E-state index in [0.717, 1.165) is 16.7 Å². The molecule has 0 spiro atoms. The molecule has 7 heteroatoms. The van der Waals surface area contributed by atoms with Gasteiger partial charge in [0.05, 0.1) is 18.6 Å².